The highest BCUT2D eigenvalue weighted by Gasteiger charge is 2.33. The van der Waals surface area contributed by atoms with Crippen LogP contribution in [0.2, 0.25) is 0 Å². The number of nitrogens with zero attached hydrogens (tertiary/aromatic N) is 1. The van der Waals surface area contributed by atoms with Crippen LogP contribution in [-0.4, -0.2) is 49.7 Å². The number of quaternary nitrogens is 1. The number of ether oxygens (including phenoxy) is 2. The highest BCUT2D eigenvalue weighted by molar-refractivity contribution is 9.10. The SMILES string of the molecule is O=C([C@@H]1COc2ccccc2O1)N1CC[NH+](Cc2ccc(Br)cc2)CC1. The second-order valence-electron chi connectivity index (χ2n) is 6.74. The topological polar surface area (TPSA) is 43.2 Å². The van der Waals surface area contributed by atoms with Crippen molar-refractivity contribution >= 4 is 21.8 Å². The number of hydrogen-bond acceptors (Lipinski definition) is 3. The summed E-state index contributed by atoms with van der Waals surface area (Å²) >= 11 is 3.47. The normalized spacial score (nSPS) is 20.0. The van der Waals surface area contributed by atoms with Gasteiger partial charge in [0.05, 0.1) is 26.2 Å². The Morgan fingerprint density at radius 2 is 1.77 bits per heavy atom. The molecule has 1 atom stereocenters. The summed E-state index contributed by atoms with van der Waals surface area (Å²) in [5.74, 6) is 1.39. The average Bonchev–Trinajstić information content (AvgIpc) is 2.69. The smallest absolute Gasteiger partial charge is 0.267 e. The number of hydrogen-bond donors (Lipinski definition) is 1. The minimum absolute atomic E-state index is 0.0298. The Balaban J connectivity index is 1.30. The van der Waals surface area contributed by atoms with Crippen LogP contribution in [0.25, 0.3) is 0 Å². The summed E-state index contributed by atoms with van der Waals surface area (Å²) in [4.78, 5) is 16.2. The van der Waals surface area contributed by atoms with Crippen LogP contribution in [0.4, 0.5) is 0 Å². The van der Waals surface area contributed by atoms with E-state index in [0.29, 0.717) is 11.5 Å². The van der Waals surface area contributed by atoms with E-state index in [2.05, 4.69) is 40.2 Å². The van der Waals surface area contributed by atoms with Crippen LogP contribution >= 0.6 is 15.9 Å². The zero-order valence-electron chi connectivity index (χ0n) is 14.5. The fourth-order valence-electron chi connectivity index (χ4n) is 3.46. The van der Waals surface area contributed by atoms with E-state index in [-0.39, 0.29) is 12.5 Å². The van der Waals surface area contributed by atoms with E-state index >= 15 is 0 Å². The van der Waals surface area contributed by atoms with Gasteiger partial charge in [0.2, 0.25) is 6.10 Å². The minimum Gasteiger partial charge on any atom is -0.485 e. The van der Waals surface area contributed by atoms with Gasteiger partial charge in [0, 0.05) is 10.0 Å². The lowest BCUT2D eigenvalue weighted by atomic mass is 10.2. The summed E-state index contributed by atoms with van der Waals surface area (Å²) in [6.07, 6.45) is -0.544. The summed E-state index contributed by atoms with van der Waals surface area (Å²) in [6.45, 7) is 4.68. The zero-order valence-corrected chi connectivity index (χ0v) is 16.1. The van der Waals surface area contributed by atoms with Crippen molar-refractivity contribution in [3.63, 3.8) is 0 Å². The van der Waals surface area contributed by atoms with Gasteiger partial charge in [-0.1, -0.05) is 40.2 Å². The van der Waals surface area contributed by atoms with Crippen LogP contribution in [-0.2, 0) is 11.3 Å². The summed E-state index contributed by atoms with van der Waals surface area (Å²) < 4.78 is 12.6. The maximum Gasteiger partial charge on any atom is 0.267 e. The van der Waals surface area contributed by atoms with E-state index in [0.717, 1.165) is 37.2 Å². The first-order valence-electron chi connectivity index (χ1n) is 8.94. The van der Waals surface area contributed by atoms with Gasteiger partial charge in [-0.25, -0.2) is 0 Å². The number of amides is 1. The van der Waals surface area contributed by atoms with Crippen LogP contribution in [0, 0.1) is 0 Å². The molecule has 136 valence electrons. The van der Waals surface area contributed by atoms with Gasteiger partial charge in [-0.3, -0.25) is 4.79 Å². The molecular weight excluding hydrogens is 396 g/mol. The summed E-state index contributed by atoms with van der Waals surface area (Å²) in [5.41, 5.74) is 1.32. The summed E-state index contributed by atoms with van der Waals surface area (Å²) in [7, 11) is 0. The second kappa shape index (κ2) is 7.68. The molecule has 0 aromatic heterocycles. The lowest BCUT2D eigenvalue weighted by molar-refractivity contribution is -0.917. The molecule has 0 bridgehead atoms. The number of carbonyl (C=O) groups is 1. The van der Waals surface area contributed by atoms with Gasteiger partial charge in [-0.15, -0.1) is 0 Å². The van der Waals surface area contributed by atoms with Crippen LogP contribution in [0.1, 0.15) is 5.56 Å². The predicted molar refractivity (Wildman–Crippen MR) is 101 cm³/mol. The molecule has 2 aliphatic rings. The molecule has 1 fully saturated rings. The van der Waals surface area contributed by atoms with Crippen molar-refractivity contribution in [2.24, 2.45) is 0 Å². The quantitative estimate of drug-likeness (QED) is 0.822. The molecule has 0 spiro atoms. The van der Waals surface area contributed by atoms with E-state index in [1.165, 1.54) is 10.5 Å². The van der Waals surface area contributed by atoms with E-state index < -0.39 is 6.10 Å². The number of rotatable bonds is 3. The molecule has 4 rings (SSSR count). The molecule has 26 heavy (non-hydrogen) atoms. The van der Waals surface area contributed by atoms with Gasteiger partial charge >= 0.3 is 0 Å². The average molecular weight is 418 g/mol. The van der Waals surface area contributed by atoms with E-state index in [4.69, 9.17) is 9.47 Å². The first-order chi connectivity index (χ1) is 12.7. The molecule has 0 radical (unpaired) electrons. The number of fused-ring (bicyclic) bond motifs is 1. The van der Waals surface area contributed by atoms with Gasteiger partial charge in [0.15, 0.2) is 11.5 Å². The Labute approximate surface area is 161 Å². The van der Waals surface area contributed by atoms with Gasteiger partial charge in [-0.05, 0) is 24.3 Å². The number of halogens is 1. The van der Waals surface area contributed by atoms with Gasteiger partial charge < -0.3 is 19.3 Å². The van der Waals surface area contributed by atoms with E-state index in [1.54, 1.807) is 0 Å². The molecule has 1 saturated heterocycles. The Bertz CT molecular complexity index is 773. The zero-order chi connectivity index (χ0) is 17.9. The molecule has 2 aromatic carbocycles. The van der Waals surface area contributed by atoms with Crippen LogP contribution in [0.5, 0.6) is 11.5 Å². The number of benzene rings is 2. The molecule has 1 amide bonds. The van der Waals surface area contributed by atoms with Crippen LogP contribution < -0.4 is 14.4 Å². The highest BCUT2D eigenvalue weighted by Crippen LogP contribution is 2.31. The second-order valence-corrected chi connectivity index (χ2v) is 7.66. The Morgan fingerprint density at radius 1 is 1.08 bits per heavy atom. The van der Waals surface area contributed by atoms with Crippen molar-refractivity contribution in [2.45, 2.75) is 12.6 Å². The van der Waals surface area contributed by atoms with Crippen molar-refractivity contribution in [1.82, 2.24) is 4.90 Å². The first-order valence-corrected chi connectivity index (χ1v) is 9.73. The fourth-order valence-corrected chi connectivity index (χ4v) is 3.72. The lowest BCUT2D eigenvalue weighted by Crippen LogP contribution is -3.13. The molecule has 0 saturated carbocycles. The van der Waals surface area contributed by atoms with Crippen molar-refractivity contribution < 1.29 is 19.2 Å². The van der Waals surface area contributed by atoms with Crippen molar-refractivity contribution in [3.8, 4) is 11.5 Å². The monoisotopic (exact) mass is 417 g/mol. The molecular formula is C20H22BrN2O3+. The van der Waals surface area contributed by atoms with E-state index in [9.17, 15) is 4.79 Å². The largest absolute Gasteiger partial charge is 0.485 e. The first kappa shape index (κ1) is 17.4. The van der Waals surface area contributed by atoms with Gasteiger partial charge in [0.1, 0.15) is 13.2 Å². The Kier molecular flexibility index (Phi) is 5.13. The molecule has 2 aliphatic heterocycles. The molecule has 0 aliphatic carbocycles. The Morgan fingerprint density at radius 3 is 2.50 bits per heavy atom. The number of piperazine rings is 1. The predicted octanol–water partition coefficient (Wildman–Crippen LogP) is 1.52. The standard InChI is InChI=1S/C20H21BrN2O3/c21-16-7-5-15(6-8-16)13-22-9-11-23(12-10-22)20(24)19-14-25-17-3-1-2-4-18(17)26-19/h1-8,19H,9-14H2/p+1/t19-/m0/s1. The number of nitrogens with one attached hydrogen (secondary N) is 1. The highest BCUT2D eigenvalue weighted by atomic mass is 79.9. The Hall–Kier alpha value is -2.05. The molecule has 2 aromatic rings. The fraction of sp³-hybridized carbons (Fsp3) is 0.350. The summed E-state index contributed by atoms with van der Waals surface area (Å²) in [5, 5.41) is 0. The molecule has 2 heterocycles. The van der Waals surface area contributed by atoms with Gasteiger partial charge in [0.25, 0.3) is 5.91 Å². The molecule has 5 nitrogen and oxygen atoms in total. The van der Waals surface area contributed by atoms with E-state index in [1.807, 2.05) is 29.2 Å². The van der Waals surface area contributed by atoms with Crippen molar-refractivity contribution in [2.75, 3.05) is 32.8 Å². The third kappa shape index (κ3) is 3.86. The molecule has 6 heteroatoms. The van der Waals surface area contributed by atoms with Gasteiger partial charge in [-0.2, -0.15) is 0 Å². The number of carbonyl (C=O) groups excluding carboxylic acids is 1. The third-order valence-electron chi connectivity index (χ3n) is 4.93. The lowest BCUT2D eigenvalue weighted by Gasteiger charge is -2.35. The third-order valence-corrected chi connectivity index (χ3v) is 5.46. The van der Waals surface area contributed by atoms with Crippen molar-refractivity contribution in [1.29, 1.82) is 0 Å². The van der Waals surface area contributed by atoms with Crippen LogP contribution in [0.3, 0.4) is 0 Å². The molecule has 0 unspecified atom stereocenters. The summed E-state index contributed by atoms with van der Waals surface area (Å²) in [6, 6.07) is 15.9. The minimum atomic E-state index is -0.544. The van der Waals surface area contributed by atoms with Crippen molar-refractivity contribution in [3.05, 3.63) is 58.6 Å². The maximum atomic E-state index is 12.8. The molecule has 1 N–H and O–H groups in total. The maximum absolute atomic E-state index is 12.8. The number of para-hydroxylation sites is 2. The van der Waals surface area contributed by atoms with Crippen LogP contribution in [0.15, 0.2) is 53.0 Å².